The van der Waals surface area contributed by atoms with Crippen LogP contribution in [0.2, 0.25) is 0 Å². The molecule has 1 saturated heterocycles. The van der Waals surface area contributed by atoms with Crippen molar-refractivity contribution in [3.05, 3.63) is 29.3 Å². The number of nitrogens with zero attached hydrogens (tertiary/aromatic N) is 2. The lowest BCUT2D eigenvalue weighted by atomic mass is 10.0. The molecule has 2 heterocycles. The van der Waals surface area contributed by atoms with E-state index in [2.05, 4.69) is 10.2 Å². The van der Waals surface area contributed by atoms with Gasteiger partial charge in [0.2, 0.25) is 11.8 Å². The first-order chi connectivity index (χ1) is 13.5. The van der Waals surface area contributed by atoms with Gasteiger partial charge in [-0.25, -0.2) is 8.78 Å². The molecule has 7 heteroatoms. The minimum Gasteiger partial charge on any atom is -0.353 e. The second-order valence-electron chi connectivity index (χ2n) is 7.73. The predicted molar refractivity (Wildman–Crippen MR) is 104 cm³/mol. The molecule has 0 atom stereocenters. The number of benzene rings is 1. The highest BCUT2D eigenvalue weighted by Gasteiger charge is 2.26. The maximum Gasteiger partial charge on any atom is 0.227 e. The number of amides is 2. The van der Waals surface area contributed by atoms with E-state index in [-0.39, 0.29) is 17.9 Å². The highest BCUT2D eigenvalue weighted by molar-refractivity contribution is 5.96. The van der Waals surface area contributed by atoms with Crippen molar-refractivity contribution in [2.75, 3.05) is 31.1 Å². The molecule has 3 rings (SSSR count). The third kappa shape index (κ3) is 5.07. The molecule has 154 valence electrons. The van der Waals surface area contributed by atoms with E-state index in [0.717, 1.165) is 51.4 Å². The first-order valence-corrected chi connectivity index (χ1v) is 10.3. The largest absolute Gasteiger partial charge is 0.353 e. The molecule has 0 aliphatic carbocycles. The van der Waals surface area contributed by atoms with Crippen LogP contribution in [0.5, 0.6) is 0 Å². The van der Waals surface area contributed by atoms with Crippen molar-refractivity contribution in [2.24, 2.45) is 0 Å². The summed E-state index contributed by atoms with van der Waals surface area (Å²) in [5, 5.41) is 3.09. The Labute approximate surface area is 165 Å². The summed E-state index contributed by atoms with van der Waals surface area (Å²) in [7, 11) is 0. The molecule has 1 aromatic rings. The Kier molecular flexibility index (Phi) is 6.99. The Balaban J connectivity index is 1.47. The third-order valence-electron chi connectivity index (χ3n) is 5.61. The van der Waals surface area contributed by atoms with Gasteiger partial charge in [-0.3, -0.25) is 9.59 Å². The zero-order chi connectivity index (χ0) is 20.1. The van der Waals surface area contributed by atoms with Crippen molar-refractivity contribution in [1.29, 1.82) is 0 Å². The van der Waals surface area contributed by atoms with Crippen LogP contribution >= 0.6 is 0 Å². The predicted octanol–water partition coefficient (Wildman–Crippen LogP) is 3.01. The topological polar surface area (TPSA) is 52.7 Å². The maximum atomic E-state index is 13.6. The van der Waals surface area contributed by atoms with Crippen LogP contribution in [-0.2, 0) is 16.0 Å². The Morgan fingerprint density at radius 2 is 1.86 bits per heavy atom. The number of anilines is 1. The van der Waals surface area contributed by atoms with Crippen molar-refractivity contribution in [2.45, 2.75) is 57.9 Å². The van der Waals surface area contributed by atoms with Gasteiger partial charge in [-0.05, 0) is 50.3 Å². The molecule has 1 aromatic carbocycles. The molecule has 0 radical (unpaired) electrons. The number of carbonyl (C=O) groups excluding carboxylic acids is 2. The van der Waals surface area contributed by atoms with Crippen molar-refractivity contribution < 1.29 is 18.4 Å². The molecular formula is C21H29F2N3O2. The standard InChI is InChI=1S/C21H29F2N3O2/c1-2-4-20(27)24-16-7-11-25(12-8-16)9-3-10-26-19-14-18(23)17(22)13-15(19)5-6-21(26)28/h13-14,16H,2-12H2,1H3,(H,24,27). The summed E-state index contributed by atoms with van der Waals surface area (Å²) >= 11 is 0. The van der Waals surface area contributed by atoms with E-state index in [1.165, 1.54) is 6.07 Å². The lowest BCUT2D eigenvalue weighted by Crippen LogP contribution is -2.45. The van der Waals surface area contributed by atoms with Gasteiger partial charge in [0.1, 0.15) is 0 Å². The molecule has 2 aliphatic rings. The van der Waals surface area contributed by atoms with Crippen LogP contribution in [0.15, 0.2) is 12.1 Å². The van der Waals surface area contributed by atoms with Gasteiger partial charge >= 0.3 is 0 Å². The van der Waals surface area contributed by atoms with E-state index in [9.17, 15) is 18.4 Å². The first-order valence-electron chi connectivity index (χ1n) is 10.3. The summed E-state index contributed by atoms with van der Waals surface area (Å²) in [6, 6.07) is 2.61. The number of rotatable bonds is 7. The molecule has 1 N–H and O–H groups in total. The van der Waals surface area contributed by atoms with Crippen molar-refractivity contribution in [3.63, 3.8) is 0 Å². The van der Waals surface area contributed by atoms with Crippen molar-refractivity contribution in [3.8, 4) is 0 Å². The van der Waals surface area contributed by atoms with E-state index in [4.69, 9.17) is 0 Å². The summed E-state index contributed by atoms with van der Waals surface area (Å²) < 4.78 is 27.1. The number of halogens is 2. The minimum absolute atomic E-state index is 0.0316. The molecule has 0 bridgehead atoms. The van der Waals surface area contributed by atoms with Gasteiger partial charge in [0.05, 0.1) is 0 Å². The van der Waals surface area contributed by atoms with Crippen LogP contribution in [0, 0.1) is 11.6 Å². The van der Waals surface area contributed by atoms with Gasteiger partial charge in [0.15, 0.2) is 11.6 Å². The second kappa shape index (κ2) is 9.45. The van der Waals surface area contributed by atoms with E-state index in [1.807, 2.05) is 6.92 Å². The summed E-state index contributed by atoms with van der Waals surface area (Å²) in [6.45, 7) is 5.18. The highest BCUT2D eigenvalue weighted by Crippen LogP contribution is 2.30. The van der Waals surface area contributed by atoms with Gasteiger partial charge in [-0.15, -0.1) is 0 Å². The fourth-order valence-electron chi connectivity index (χ4n) is 4.07. The molecule has 0 aromatic heterocycles. The van der Waals surface area contributed by atoms with Crippen LogP contribution in [0.1, 0.15) is 51.0 Å². The SMILES string of the molecule is CCCC(=O)NC1CCN(CCCN2C(=O)CCc3cc(F)c(F)cc32)CC1. The number of fused-ring (bicyclic) bond motifs is 1. The highest BCUT2D eigenvalue weighted by atomic mass is 19.2. The zero-order valence-electron chi connectivity index (χ0n) is 16.5. The maximum absolute atomic E-state index is 13.6. The number of likely N-dealkylation sites (tertiary alicyclic amines) is 1. The molecule has 28 heavy (non-hydrogen) atoms. The van der Waals surface area contributed by atoms with E-state index in [1.54, 1.807) is 4.90 Å². The van der Waals surface area contributed by atoms with E-state index in [0.29, 0.717) is 37.1 Å². The molecule has 5 nitrogen and oxygen atoms in total. The molecule has 2 amide bonds. The smallest absolute Gasteiger partial charge is 0.227 e. The average Bonchev–Trinajstić information content (AvgIpc) is 2.66. The normalized spacial score (nSPS) is 18.2. The fraction of sp³-hybridized carbons (Fsp3) is 0.619. The number of nitrogens with one attached hydrogen (secondary N) is 1. The Morgan fingerprint density at radius 3 is 2.57 bits per heavy atom. The van der Waals surface area contributed by atoms with Gasteiger partial charge in [-0.2, -0.15) is 0 Å². The second-order valence-corrected chi connectivity index (χ2v) is 7.73. The first kappa shape index (κ1) is 20.7. The van der Waals surface area contributed by atoms with Crippen LogP contribution in [-0.4, -0.2) is 48.9 Å². The van der Waals surface area contributed by atoms with Gasteiger partial charge < -0.3 is 15.1 Å². The average molecular weight is 393 g/mol. The van der Waals surface area contributed by atoms with Crippen molar-refractivity contribution in [1.82, 2.24) is 10.2 Å². The molecule has 0 unspecified atom stereocenters. The van der Waals surface area contributed by atoms with Gasteiger partial charge in [0.25, 0.3) is 0 Å². The number of hydrogen-bond acceptors (Lipinski definition) is 3. The van der Waals surface area contributed by atoms with Crippen LogP contribution in [0.25, 0.3) is 0 Å². The van der Waals surface area contributed by atoms with Crippen LogP contribution in [0.4, 0.5) is 14.5 Å². The fourth-order valence-corrected chi connectivity index (χ4v) is 4.07. The molecular weight excluding hydrogens is 364 g/mol. The third-order valence-corrected chi connectivity index (χ3v) is 5.61. The quantitative estimate of drug-likeness (QED) is 0.775. The van der Waals surface area contributed by atoms with E-state index < -0.39 is 11.6 Å². The van der Waals surface area contributed by atoms with Gasteiger partial charge in [0, 0.05) is 50.3 Å². The van der Waals surface area contributed by atoms with Crippen molar-refractivity contribution >= 4 is 17.5 Å². The van der Waals surface area contributed by atoms with Gasteiger partial charge in [-0.1, -0.05) is 6.92 Å². The summed E-state index contributed by atoms with van der Waals surface area (Å²) in [5.74, 6) is -1.67. The summed E-state index contributed by atoms with van der Waals surface area (Å²) in [5.41, 5.74) is 1.20. The molecule has 0 saturated carbocycles. The zero-order valence-corrected chi connectivity index (χ0v) is 16.5. The molecule has 2 aliphatic heterocycles. The number of hydrogen-bond donors (Lipinski definition) is 1. The Morgan fingerprint density at radius 1 is 1.14 bits per heavy atom. The molecule has 1 fully saturated rings. The Bertz CT molecular complexity index is 718. The summed E-state index contributed by atoms with van der Waals surface area (Å²) in [4.78, 5) is 27.9. The minimum atomic E-state index is -0.911. The summed E-state index contributed by atoms with van der Waals surface area (Å²) in [6.07, 6.45) is 4.88. The lowest BCUT2D eigenvalue weighted by molar-refractivity contribution is -0.122. The lowest BCUT2D eigenvalue weighted by Gasteiger charge is -2.34. The van der Waals surface area contributed by atoms with E-state index >= 15 is 0 Å². The Hall–Kier alpha value is -2.02. The number of piperidine rings is 1. The number of carbonyl (C=O) groups is 2. The monoisotopic (exact) mass is 393 g/mol. The van der Waals surface area contributed by atoms with Crippen LogP contribution < -0.4 is 10.2 Å². The molecule has 0 spiro atoms. The van der Waals surface area contributed by atoms with Crippen LogP contribution in [0.3, 0.4) is 0 Å². The number of aryl methyl sites for hydroxylation is 1.